The Morgan fingerprint density at radius 1 is 1.19 bits per heavy atom. The summed E-state index contributed by atoms with van der Waals surface area (Å²) in [5, 5.41) is 8.72. The third kappa shape index (κ3) is 7.10. The van der Waals surface area contributed by atoms with Crippen LogP contribution in [0, 0.1) is 0 Å². The molecular weight excluding hydrogens is 370 g/mol. The zero-order chi connectivity index (χ0) is 19.7. The minimum atomic E-state index is -3.48. The smallest absolute Gasteiger partial charge is 0.328 e. The normalized spacial score (nSPS) is 16.1. The van der Waals surface area contributed by atoms with Gasteiger partial charge < -0.3 is 10.0 Å². The van der Waals surface area contributed by atoms with Gasteiger partial charge >= 0.3 is 5.97 Å². The summed E-state index contributed by atoms with van der Waals surface area (Å²) in [6, 6.07) is 3.50. The van der Waals surface area contributed by atoms with Crippen LogP contribution < -0.4 is 0 Å². The van der Waals surface area contributed by atoms with Crippen LogP contribution in [0.15, 0.2) is 36.7 Å². The van der Waals surface area contributed by atoms with Gasteiger partial charge in [0.05, 0.1) is 5.75 Å². The van der Waals surface area contributed by atoms with Crippen molar-refractivity contribution in [1.29, 1.82) is 0 Å². The average Bonchev–Trinajstić information content (AvgIpc) is 2.94. The molecule has 148 valence electrons. The van der Waals surface area contributed by atoms with Gasteiger partial charge in [0.1, 0.15) is 0 Å². The Hall–Kier alpha value is -2.26. The van der Waals surface area contributed by atoms with Crippen molar-refractivity contribution in [1.82, 2.24) is 14.2 Å². The van der Waals surface area contributed by atoms with Crippen molar-refractivity contribution in [3.63, 3.8) is 0 Å². The van der Waals surface area contributed by atoms with Crippen LogP contribution in [0.5, 0.6) is 0 Å². The molecule has 0 radical (unpaired) electrons. The molecule has 0 spiro atoms. The summed E-state index contributed by atoms with van der Waals surface area (Å²) in [5.41, 5.74) is 0.738. The number of carbonyl (C=O) groups is 2. The van der Waals surface area contributed by atoms with E-state index >= 15 is 0 Å². The molecule has 1 saturated heterocycles. The Morgan fingerprint density at radius 3 is 2.48 bits per heavy atom. The highest BCUT2D eigenvalue weighted by atomic mass is 32.2. The van der Waals surface area contributed by atoms with Gasteiger partial charge in [-0.05, 0) is 24.5 Å². The molecule has 0 atom stereocenters. The van der Waals surface area contributed by atoms with E-state index in [1.165, 1.54) is 9.21 Å². The third-order valence-electron chi connectivity index (χ3n) is 4.35. The Morgan fingerprint density at radius 2 is 1.89 bits per heavy atom. The van der Waals surface area contributed by atoms with Crippen LogP contribution in [0.1, 0.15) is 31.2 Å². The van der Waals surface area contributed by atoms with Crippen molar-refractivity contribution in [3.8, 4) is 0 Å². The summed E-state index contributed by atoms with van der Waals surface area (Å²) < 4.78 is 26.8. The predicted octanol–water partition coefficient (Wildman–Crippen LogP) is 1.26. The van der Waals surface area contributed by atoms with E-state index in [2.05, 4.69) is 4.98 Å². The molecule has 0 bridgehead atoms. The van der Waals surface area contributed by atoms with Crippen molar-refractivity contribution in [2.75, 3.05) is 25.4 Å². The van der Waals surface area contributed by atoms with Crippen molar-refractivity contribution in [2.24, 2.45) is 0 Å². The summed E-state index contributed by atoms with van der Waals surface area (Å²) in [6.45, 7) is 1.16. The number of sulfonamides is 1. The maximum atomic E-state index is 12.6. The van der Waals surface area contributed by atoms with Crippen molar-refractivity contribution in [2.45, 2.75) is 32.2 Å². The number of nitrogens with zero attached hydrogens (tertiary/aromatic N) is 3. The minimum absolute atomic E-state index is 0.0173. The molecule has 1 amide bonds. The Bertz CT molecular complexity index is 756. The molecule has 1 aliphatic rings. The van der Waals surface area contributed by atoms with Gasteiger partial charge in [0.25, 0.3) is 0 Å². The van der Waals surface area contributed by atoms with Gasteiger partial charge in [-0.1, -0.05) is 18.9 Å². The number of rotatable bonds is 8. The van der Waals surface area contributed by atoms with Crippen LogP contribution in [-0.2, 0) is 26.2 Å². The molecule has 1 aromatic rings. The first-order valence-electron chi connectivity index (χ1n) is 8.95. The summed E-state index contributed by atoms with van der Waals surface area (Å²) in [6.07, 6.45) is 8.63. The number of hydrogen-bond acceptors (Lipinski definition) is 5. The van der Waals surface area contributed by atoms with Gasteiger partial charge in [-0.2, -0.15) is 0 Å². The molecular formula is C18H25N3O5S. The number of amides is 1. The SMILES string of the molecule is O=C(O)/C=C/C(=O)N(CCS(=O)(=O)N1CCCCCC1)Cc1cccnc1. The van der Waals surface area contributed by atoms with Crippen LogP contribution in [0.25, 0.3) is 0 Å². The number of pyridine rings is 1. The number of hydrogen-bond donors (Lipinski definition) is 1. The van der Waals surface area contributed by atoms with Crippen LogP contribution in [-0.4, -0.2) is 65.0 Å². The van der Waals surface area contributed by atoms with Gasteiger partial charge in [-0.3, -0.25) is 9.78 Å². The van der Waals surface area contributed by atoms with E-state index in [0.717, 1.165) is 43.4 Å². The zero-order valence-electron chi connectivity index (χ0n) is 15.2. The van der Waals surface area contributed by atoms with Gasteiger partial charge in [0.15, 0.2) is 0 Å². The van der Waals surface area contributed by atoms with E-state index in [-0.39, 0.29) is 18.8 Å². The van der Waals surface area contributed by atoms with Crippen LogP contribution >= 0.6 is 0 Å². The lowest BCUT2D eigenvalue weighted by Crippen LogP contribution is -2.39. The predicted molar refractivity (Wildman–Crippen MR) is 100 cm³/mol. The second kappa shape index (κ2) is 10.2. The van der Waals surface area contributed by atoms with Gasteiger partial charge in [0.2, 0.25) is 15.9 Å². The van der Waals surface area contributed by atoms with Gasteiger partial charge in [-0.25, -0.2) is 17.5 Å². The maximum Gasteiger partial charge on any atom is 0.328 e. The molecule has 1 fully saturated rings. The molecule has 2 heterocycles. The summed E-state index contributed by atoms with van der Waals surface area (Å²) in [5.74, 6) is -1.98. The quantitative estimate of drug-likeness (QED) is 0.664. The first kappa shape index (κ1) is 21.0. The van der Waals surface area contributed by atoms with E-state index in [4.69, 9.17) is 5.11 Å². The number of aliphatic carboxylic acids is 1. The van der Waals surface area contributed by atoms with Crippen LogP contribution in [0.4, 0.5) is 0 Å². The molecule has 8 nitrogen and oxygen atoms in total. The number of aromatic nitrogens is 1. The van der Waals surface area contributed by atoms with Crippen LogP contribution in [0.3, 0.4) is 0 Å². The molecule has 1 N–H and O–H groups in total. The standard InChI is InChI=1S/C18H25N3O5S/c22-17(7-8-18(23)24)20(15-16-6-5-9-19-14-16)12-13-27(25,26)21-10-3-1-2-4-11-21/h5-9,14H,1-4,10-13,15H2,(H,23,24)/b8-7+. The fourth-order valence-electron chi connectivity index (χ4n) is 2.90. The lowest BCUT2D eigenvalue weighted by molar-refractivity contribution is -0.132. The Balaban J connectivity index is 2.08. The summed E-state index contributed by atoms with van der Waals surface area (Å²) in [4.78, 5) is 28.3. The lowest BCUT2D eigenvalue weighted by Gasteiger charge is -2.24. The van der Waals surface area contributed by atoms with E-state index in [1.807, 2.05) is 0 Å². The molecule has 2 rings (SSSR count). The molecule has 1 aliphatic heterocycles. The molecule has 0 unspecified atom stereocenters. The molecule has 0 saturated carbocycles. The second-order valence-corrected chi connectivity index (χ2v) is 8.51. The zero-order valence-corrected chi connectivity index (χ0v) is 16.0. The van der Waals surface area contributed by atoms with E-state index in [0.29, 0.717) is 13.1 Å². The van der Waals surface area contributed by atoms with E-state index in [1.54, 1.807) is 24.5 Å². The fraction of sp³-hybridized carbons (Fsp3) is 0.500. The van der Waals surface area contributed by atoms with E-state index < -0.39 is 21.9 Å². The number of carboxylic acid groups (broad SMARTS) is 1. The Kier molecular flexibility index (Phi) is 7.93. The maximum absolute atomic E-state index is 12.6. The molecule has 9 heteroatoms. The minimum Gasteiger partial charge on any atom is -0.478 e. The lowest BCUT2D eigenvalue weighted by atomic mass is 10.2. The van der Waals surface area contributed by atoms with Gasteiger partial charge in [-0.15, -0.1) is 0 Å². The summed E-state index contributed by atoms with van der Waals surface area (Å²) in [7, 11) is -3.48. The molecule has 0 aromatic carbocycles. The van der Waals surface area contributed by atoms with Gasteiger partial charge in [0, 0.05) is 50.7 Å². The molecule has 0 aliphatic carbocycles. The third-order valence-corrected chi connectivity index (χ3v) is 6.20. The summed E-state index contributed by atoms with van der Waals surface area (Å²) >= 11 is 0. The average molecular weight is 395 g/mol. The highest BCUT2D eigenvalue weighted by molar-refractivity contribution is 7.89. The molecule has 1 aromatic heterocycles. The topological polar surface area (TPSA) is 108 Å². The van der Waals surface area contributed by atoms with Crippen molar-refractivity contribution >= 4 is 21.9 Å². The highest BCUT2D eigenvalue weighted by Gasteiger charge is 2.24. The second-order valence-electron chi connectivity index (χ2n) is 6.42. The fourth-order valence-corrected chi connectivity index (χ4v) is 4.43. The number of carboxylic acids is 1. The van der Waals surface area contributed by atoms with Crippen LogP contribution in [0.2, 0.25) is 0 Å². The Labute approximate surface area is 159 Å². The highest BCUT2D eigenvalue weighted by Crippen LogP contribution is 2.14. The first-order valence-corrected chi connectivity index (χ1v) is 10.6. The molecule has 27 heavy (non-hydrogen) atoms. The monoisotopic (exact) mass is 395 g/mol. The van der Waals surface area contributed by atoms with E-state index in [9.17, 15) is 18.0 Å². The van der Waals surface area contributed by atoms with Crippen molar-refractivity contribution < 1.29 is 23.1 Å². The largest absolute Gasteiger partial charge is 0.478 e. The first-order chi connectivity index (χ1) is 12.9. The number of carbonyl (C=O) groups excluding carboxylic acids is 1. The van der Waals surface area contributed by atoms with Crippen molar-refractivity contribution in [3.05, 3.63) is 42.2 Å².